The van der Waals surface area contributed by atoms with Gasteiger partial charge in [0.15, 0.2) is 5.16 Å². The molecule has 10 heteroatoms. The molecule has 0 aliphatic carbocycles. The Morgan fingerprint density at radius 2 is 2.00 bits per heavy atom. The maximum absolute atomic E-state index is 10.7. The van der Waals surface area contributed by atoms with E-state index < -0.39 is 4.92 Å². The fraction of sp³-hybridized carbons (Fsp3) is 0.412. The molecule has 1 aromatic carbocycles. The summed E-state index contributed by atoms with van der Waals surface area (Å²) in [5.74, 6) is 0.799. The first-order valence-corrected chi connectivity index (χ1v) is 9.59. The van der Waals surface area contributed by atoms with Gasteiger partial charge in [-0.1, -0.05) is 31.5 Å². The van der Waals surface area contributed by atoms with E-state index in [-0.39, 0.29) is 10.9 Å². The maximum atomic E-state index is 10.7. The number of aromatic nitrogens is 5. The lowest BCUT2D eigenvalue weighted by molar-refractivity contribution is -0.384. The van der Waals surface area contributed by atoms with Crippen molar-refractivity contribution in [3.05, 3.63) is 46.6 Å². The molecule has 3 rings (SSSR count). The van der Waals surface area contributed by atoms with Crippen LogP contribution in [0.3, 0.4) is 0 Å². The molecule has 9 nitrogen and oxygen atoms in total. The van der Waals surface area contributed by atoms with Crippen LogP contribution < -0.4 is 0 Å². The Balaban J connectivity index is 1.67. The second-order valence-electron chi connectivity index (χ2n) is 6.02. The van der Waals surface area contributed by atoms with Gasteiger partial charge in [-0.3, -0.25) is 10.1 Å². The summed E-state index contributed by atoms with van der Waals surface area (Å²) in [6, 6.07) is 6.02. The largest absolute Gasteiger partial charge is 0.419 e. The molecular formula is C17H20N6O3S. The smallest absolute Gasteiger partial charge is 0.269 e. The maximum Gasteiger partial charge on any atom is 0.269 e. The minimum atomic E-state index is -0.446. The molecule has 0 saturated carbocycles. The lowest BCUT2D eigenvalue weighted by Crippen LogP contribution is -2.00. The fourth-order valence-electron chi connectivity index (χ4n) is 2.47. The Morgan fingerprint density at radius 1 is 1.22 bits per heavy atom. The van der Waals surface area contributed by atoms with Crippen LogP contribution in [-0.2, 0) is 6.54 Å². The summed E-state index contributed by atoms with van der Waals surface area (Å²) in [7, 11) is 0. The van der Waals surface area contributed by atoms with E-state index in [9.17, 15) is 10.1 Å². The van der Waals surface area contributed by atoms with Gasteiger partial charge in [-0.15, -0.1) is 20.4 Å². The van der Waals surface area contributed by atoms with Crippen LogP contribution in [0, 0.1) is 10.1 Å². The van der Waals surface area contributed by atoms with Gasteiger partial charge < -0.3 is 8.98 Å². The lowest BCUT2D eigenvalue weighted by atomic mass is 10.2. The number of thioether (sulfide) groups is 1. The van der Waals surface area contributed by atoms with E-state index in [1.807, 2.05) is 11.5 Å². The van der Waals surface area contributed by atoms with Crippen LogP contribution in [0.15, 0.2) is 40.2 Å². The van der Waals surface area contributed by atoms with E-state index >= 15 is 0 Å². The number of aryl methyl sites for hydroxylation is 1. The number of nitro benzene ring substituents is 1. The van der Waals surface area contributed by atoms with Crippen LogP contribution >= 0.6 is 11.8 Å². The summed E-state index contributed by atoms with van der Waals surface area (Å²) >= 11 is 1.51. The predicted molar refractivity (Wildman–Crippen MR) is 100 cm³/mol. The molecule has 0 aliphatic heterocycles. The Morgan fingerprint density at radius 3 is 2.70 bits per heavy atom. The first-order chi connectivity index (χ1) is 13.1. The third-order valence-corrected chi connectivity index (χ3v) is 5.06. The summed E-state index contributed by atoms with van der Waals surface area (Å²) < 4.78 is 7.78. The number of benzene rings is 1. The number of nitrogens with zero attached hydrogens (tertiary/aromatic N) is 6. The molecule has 0 fully saturated rings. The molecule has 0 aliphatic rings. The van der Waals surface area contributed by atoms with Crippen molar-refractivity contribution in [1.82, 2.24) is 25.0 Å². The minimum Gasteiger partial charge on any atom is -0.419 e. The molecule has 0 bridgehead atoms. The van der Waals surface area contributed by atoms with Crippen molar-refractivity contribution in [3.63, 3.8) is 0 Å². The van der Waals surface area contributed by atoms with Gasteiger partial charge in [0, 0.05) is 24.2 Å². The third-order valence-electron chi connectivity index (χ3n) is 3.98. The van der Waals surface area contributed by atoms with Gasteiger partial charge >= 0.3 is 0 Å². The van der Waals surface area contributed by atoms with Crippen LogP contribution in [-0.4, -0.2) is 29.9 Å². The van der Waals surface area contributed by atoms with E-state index in [1.165, 1.54) is 30.3 Å². The number of hydrogen-bond acceptors (Lipinski definition) is 8. The summed E-state index contributed by atoms with van der Waals surface area (Å²) in [5, 5.41) is 27.8. The van der Waals surface area contributed by atoms with Gasteiger partial charge in [-0.05, 0) is 25.5 Å². The van der Waals surface area contributed by atoms with E-state index in [1.54, 1.807) is 18.5 Å². The number of rotatable bonds is 9. The van der Waals surface area contributed by atoms with Crippen molar-refractivity contribution < 1.29 is 9.34 Å². The predicted octanol–water partition coefficient (Wildman–Crippen LogP) is 4.28. The highest BCUT2D eigenvalue weighted by Gasteiger charge is 2.19. The lowest BCUT2D eigenvalue weighted by Gasteiger charge is -2.08. The topological polar surface area (TPSA) is 113 Å². The van der Waals surface area contributed by atoms with Gasteiger partial charge in [0.05, 0.1) is 10.2 Å². The van der Waals surface area contributed by atoms with Gasteiger partial charge in [-0.2, -0.15) is 0 Å². The monoisotopic (exact) mass is 388 g/mol. The average molecular weight is 388 g/mol. The summed E-state index contributed by atoms with van der Waals surface area (Å²) in [5.41, 5.74) is 0.657. The van der Waals surface area contributed by atoms with Gasteiger partial charge in [0.1, 0.15) is 6.33 Å². The van der Waals surface area contributed by atoms with E-state index in [4.69, 9.17) is 4.42 Å². The van der Waals surface area contributed by atoms with E-state index in [0.29, 0.717) is 17.3 Å². The second-order valence-corrected chi connectivity index (χ2v) is 7.33. The molecule has 1 unspecified atom stereocenters. The third kappa shape index (κ3) is 4.70. The van der Waals surface area contributed by atoms with Crippen molar-refractivity contribution in [3.8, 4) is 11.5 Å². The van der Waals surface area contributed by atoms with E-state index in [0.717, 1.165) is 24.5 Å². The Kier molecular flexibility index (Phi) is 6.17. The fourth-order valence-corrected chi connectivity index (χ4v) is 3.35. The van der Waals surface area contributed by atoms with Gasteiger partial charge in [0.2, 0.25) is 11.8 Å². The molecule has 1 atom stereocenters. The standard InChI is InChI=1S/C17H20N6O3S/c1-3-4-5-10-22-11-18-21-17(22)27-12(2)15-19-20-16(26-15)13-6-8-14(9-7-13)23(24)25/h6-9,11-12H,3-5,10H2,1-2H3. The zero-order valence-electron chi connectivity index (χ0n) is 15.1. The molecular weight excluding hydrogens is 368 g/mol. The van der Waals surface area contributed by atoms with Crippen molar-refractivity contribution >= 4 is 17.4 Å². The van der Waals surface area contributed by atoms with Gasteiger partial charge in [0.25, 0.3) is 5.69 Å². The summed E-state index contributed by atoms with van der Waals surface area (Å²) in [6.45, 7) is 5.01. The van der Waals surface area contributed by atoms with Crippen LogP contribution in [0.2, 0.25) is 0 Å². The number of unbranched alkanes of at least 4 members (excludes halogenated alkanes) is 2. The zero-order chi connectivity index (χ0) is 19.2. The summed E-state index contributed by atoms with van der Waals surface area (Å²) in [6.07, 6.45) is 5.15. The molecule has 0 saturated heterocycles. The Bertz CT molecular complexity index is 892. The molecule has 0 spiro atoms. The molecule has 3 aromatic rings. The Labute approximate surface area is 160 Å². The SMILES string of the molecule is CCCCCn1cnnc1SC(C)c1nnc(-c2ccc([N+](=O)[O-])cc2)o1. The first kappa shape index (κ1) is 19.0. The second kappa shape index (κ2) is 8.76. The number of nitro groups is 1. The van der Waals surface area contributed by atoms with Crippen molar-refractivity contribution in [2.24, 2.45) is 0 Å². The molecule has 2 heterocycles. The first-order valence-electron chi connectivity index (χ1n) is 8.71. The summed E-state index contributed by atoms with van der Waals surface area (Å²) in [4.78, 5) is 10.3. The molecule has 0 amide bonds. The molecule has 2 aromatic heterocycles. The van der Waals surface area contributed by atoms with Crippen molar-refractivity contribution in [1.29, 1.82) is 0 Å². The number of hydrogen-bond donors (Lipinski definition) is 0. The quantitative estimate of drug-likeness (QED) is 0.231. The van der Waals surface area contributed by atoms with Crippen LogP contribution in [0.1, 0.15) is 44.3 Å². The highest BCUT2D eigenvalue weighted by atomic mass is 32.2. The number of non-ortho nitro benzene ring substituents is 1. The van der Waals surface area contributed by atoms with Crippen LogP contribution in [0.4, 0.5) is 5.69 Å². The average Bonchev–Trinajstić information content (AvgIpc) is 3.32. The van der Waals surface area contributed by atoms with Crippen LogP contribution in [0.25, 0.3) is 11.5 Å². The van der Waals surface area contributed by atoms with Crippen molar-refractivity contribution in [2.45, 2.75) is 50.1 Å². The highest BCUT2D eigenvalue weighted by Crippen LogP contribution is 2.34. The van der Waals surface area contributed by atoms with Crippen LogP contribution in [0.5, 0.6) is 0 Å². The minimum absolute atomic E-state index is 0.0184. The molecule has 0 radical (unpaired) electrons. The van der Waals surface area contributed by atoms with Crippen molar-refractivity contribution in [2.75, 3.05) is 0 Å². The highest BCUT2D eigenvalue weighted by molar-refractivity contribution is 7.99. The zero-order valence-corrected chi connectivity index (χ0v) is 15.9. The van der Waals surface area contributed by atoms with Gasteiger partial charge in [-0.25, -0.2) is 0 Å². The normalized spacial score (nSPS) is 12.2. The molecule has 27 heavy (non-hydrogen) atoms. The van der Waals surface area contributed by atoms with E-state index in [2.05, 4.69) is 27.3 Å². The molecule has 142 valence electrons. The molecule has 0 N–H and O–H groups in total. The Hall–Kier alpha value is -2.75.